The van der Waals surface area contributed by atoms with Crippen LogP contribution in [-0.2, 0) is 16.6 Å². The van der Waals surface area contributed by atoms with E-state index in [1.54, 1.807) is 18.0 Å². The number of likely N-dealkylation sites (tertiary alicyclic amines) is 1. The molecule has 1 saturated heterocycles. The number of hydrogen-bond acceptors (Lipinski definition) is 6. The van der Waals surface area contributed by atoms with E-state index in [0.717, 1.165) is 28.9 Å². The molecule has 7 heteroatoms. The van der Waals surface area contributed by atoms with Crippen molar-refractivity contribution in [3.63, 3.8) is 0 Å². The van der Waals surface area contributed by atoms with Gasteiger partial charge in [-0.3, -0.25) is 4.79 Å². The Morgan fingerprint density at radius 3 is 2.83 bits per heavy atom. The summed E-state index contributed by atoms with van der Waals surface area (Å²) in [7, 11) is 3.85. The Hall–Kier alpha value is -2.09. The van der Waals surface area contributed by atoms with Crippen LogP contribution in [0, 0.1) is 5.92 Å². The van der Waals surface area contributed by atoms with Gasteiger partial charge < -0.3 is 29.9 Å². The van der Waals surface area contributed by atoms with Crippen molar-refractivity contribution in [2.45, 2.75) is 55.3 Å². The number of benzene rings is 1. The third-order valence-corrected chi connectivity index (χ3v) is 8.59. The normalized spacial score (nSPS) is 39.0. The Kier molecular flexibility index (Phi) is 3.59. The van der Waals surface area contributed by atoms with Crippen LogP contribution in [0.25, 0.3) is 0 Å². The Bertz CT molecular complexity index is 1010. The predicted molar refractivity (Wildman–Crippen MR) is 108 cm³/mol. The molecule has 0 aromatic heterocycles. The molecule has 5 atom stereocenters. The van der Waals surface area contributed by atoms with Crippen LogP contribution in [0.5, 0.6) is 11.5 Å². The molecule has 1 fully saturated rings. The second kappa shape index (κ2) is 5.78. The number of amides is 1. The minimum absolute atomic E-state index is 0.00562. The van der Waals surface area contributed by atoms with Gasteiger partial charge in [0.05, 0.1) is 16.7 Å². The highest BCUT2D eigenvalue weighted by Gasteiger charge is 2.73. The van der Waals surface area contributed by atoms with E-state index >= 15 is 0 Å². The fraction of sp³-hybridized carbons (Fsp3) is 0.609. The largest absolute Gasteiger partial charge is 0.504 e. The number of likely N-dealkylation sites (N-methyl/N-ethyl adjacent to an activating group) is 2. The van der Waals surface area contributed by atoms with Crippen LogP contribution in [-0.4, -0.2) is 76.0 Å². The molecule has 2 aliphatic carbocycles. The summed E-state index contributed by atoms with van der Waals surface area (Å²) in [5.41, 5.74) is 2.28. The maximum Gasteiger partial charge on any atom is 0.230 e. The molecule has 7 nitrogen and oxygen atoms in total. The molecular weight excluding hydrogens is 384 g/mol. The molecule has 3 heterocycles. The standard InChI is InChI=1S/C23H28N2O5/c1-24-7-6-22-17-12-3-4-15(27)19(17)30-20(22)18-14(11-23(22,29)16(24)10-12)9-13(5-8-26)21(28)25(18)2/h3-4,13,16,20,26-27,29H,5-11H2,1-2H3/t13-,16-,20+,22+,23-/m1/s1. The fourth-order valence-corrected chi connectivity index (χ4v) is 7.27. The number of carbonyl (C=O) groups excluding carboxylic acids is 1. The van der Waals surface area contributed by atoms with Gasteiger partial charge in [-0.25, -0.2) is 0 Å². The highest BCUT2D eigenvalue weighted by molar-refractivity contribution is 5.83. The van der Waals surface area contributed by atoms with Gasteiger partial charge in [0.2, 0.25) is 5.91 Å². The first-order valence-electron chi connectivity index (χ1n) is 10.9. The van der Waals surface area contributed by atoms with Crippen molar-refractivity contribution in [3.05, 3.63) is 34.5 Å². The topological polar surface area (TPSA) is 93.5 Å². The minimum atomic E-state index is -1.03. The van der Waals surface area contributed by atoms with Crippen LogP contribution in [0.1, 0.15) is 36.8 Å². The number of phenolic OH excluding ortho intramolecular Hbond substituents is 1. The Morgan fingerprint density at radius 2 is 2.07 bits per heavy atom. The third-order valence-electron chi connectivity index (χ3n) is 8.59. The number of piperidine rings is 1. The third kappa shape index (κ3) is 1.90. The van der Waals surface area contributed by atoms with Crippen LogP contribution in [0.4, 0.5) is 0 Å². The molecule has 3 N–H and O–H groups in total. The first-order chi connectivity index (χ1) is 14.3. The molecule has 2 bridgehead atoms. The smallest absolute Gasteiger partial charge is 0.230 e. The van der Waals surface area contributed by atoms with Gasteiger partial charge in [0.25, 0.3) is 0 Å². The average molecular weight is 412 g/mol. The van der Waals surface area contributed by atoms with Crippen molar-refractivity contribution in [3.8, 4) is 11.5 Å². The summed E-state index contributed by atoms with van der Waals surface area (Å²) in [6, 6.07) is 3.60. The SMILES string of the molecule is CN1C(=O)[C@H](CCO)CC2=C1[C@@H]1Oc3c(O)ccc4c3[C@@]13CCN(C)[C@H](C4)[C@]3(O)C2. The van der Waals surface area contributed by atoms with Crippen molar-refractivity contribution in [1.82, 2.24) is 9.80 Å². The molecule has 30 heavy (non-hydrogen) atoms. The number of rotatable bonds is 2. The van der Waals surface area contributed by atoms with E-state index in [2.05, 4.69) is 11.9 Å². The Labute approximate surface area is 175 Å². The maximum absolute atomic E-state index is 13.1. The second-order valence-electron chi connectivity index (χ2n) is 9.77. The van der Waals surface area contributed by atoms with E-state index in [1.165, 1.54) is 0 Å². The van der Waals surface area contributed by atoms with Gasteiger partial charge in [-0.1, -0.05) is 6.07 Å². The molecule has 1 amide bonds. The Morgan fingerprint density at radius 1 is 1.27 bits per heavy atom. The summed E-state index contributed by atoms with van der Waals surface area (Å²) < 4.78 is 6.46. The summed E-state index contributed by atoms with van der Waals surface area (Å²) in [4.78, 5) is 17.0. The number of hydrogen-bond donors (Lipinski definition) is 3. The number of ether oxygens (including phenoxy) is 1. The number of aliphatic hydroxyl groups is 2. The maximum atomic E-state index is 13.1. The number of fused-ring (bicyclic) bond motifs is 1. The van der Waals surface area contributed by atoms with Gasteiger partial charge >= 0.3 is 0 Å². The monoisotopic (exact) mass is 412 g/mol. The summed E-state index contributed by atoms with van der Waals surface area (Å²) in [6.45, 7) is 0.795. The molecule has 6 rings (SSSR count). The lowest BCUT2D eigenvalue weighted by atomic mass is 9.48. The number of aliphatic hydroxyl groups excluding tert-OH is 1. The number of carbonyl (C=O) groups is 1. The predicted octanol–water partition coefficient (Wildman–Crippen LogP) is 0.901. The summed E-state index contributed by atoms with van der Waals surface area (Å²) in [5.74, 6) is 0.299. The van der Waals surface area contributed by atoms with Crippen LogP contribution in [0.2, 0.25) is 0 Å². The van der Waals surface area contributed by atoms with Crippen LogP contribution in [0.15, 0.2) is 23.4 Å². The summed E-state index contributed by atoms with van der Waals surface area (Å²) >= 11 is 0. The zero-order valence-corrected chi connectivity index (χ0v) is 17.4. The molecule has 5 aliphatic rings. The molecule has 3 aliphatic heterocycles. The first-order valence-corrected chi connectivity index (χ1v) is 10.9. The molecule has 160 valence electrons. The summed E-state index contributed by atoms with van der Waals surface area (Å²) in [6.07, 6.45) is 2.39. The van der Waals surface area contributed by atoms with Crippen LogP contribution in [0.3, 0.4) is 0 Å². The molecule has 0 unspecified atom stereocenters. The highest BCUT2D eigenvalue weighted by atomic mass is 16.5. The average Bonchev–Trinajstić information content (AvgIpc) is 3.05. The van der Waals surface area contributed by atoms with Crippen LogP contribution >= 0.6 is 0 Å². The minimum Gasteiger partial charge on any atom is -0.504 e. The lowest BCUT2D eigenvalue weighted by Crippen LogP contribution is -2.75. The zero-order chi connectivity index (χ0) is 21.0. The van der Waals surface area contributed by atoms with E-state index in [1.807, 2.05) is 6.07 Å². The van der Waals surface area contributed by atoms with E-state index in [4.69, 9.17) is 4.74 Å². The number of phenols is 1. The number of aromatic hydroxyl groups is 1. The van der Waals surface area contributed by atoms with Gasteiger partial charge in [0.15, 0.2) is 17.6 Å². The number of nitrogens with zero attached hydrogens (tertiary/aromatic N) is 2. The quantitative estimate of drug-likeness (QED) is 0.668. The molecular formula is C23H28N2O5. The lowest BCUT2D eigenvalue weighted by molar-refractivity contribution is -0.168. The van der Waals surface area contributed by atoms with Gasteiger partial charge in [0.1, 0.15) is 0 Å². The molecule has 0 saturated carbocycles. The van der Waals surface area contributed by atoms with E-state index in [9.17, 15) is 20.1 Å². The molecule has 1 aromatic carbocycles. The molecule has 1 aromatic rings. The zero-order valence-electron chi connectivity index (χ0n) is 17.4. The van der Waals surface area contributed by atoms with Gasteiger partial charge in [-0.05, 0) is 56.5 Å². The van der Waals surface area contributed by atoms with Crippen molar-refractivity contribution in [2.75, 3.05) is 27.2 Å². The fourth-order valence-electron chi connectivity index (χ4n) is 7.27. The van der Waals surface area contributed by atoms with E-state index < -0.39 is 17.1 Å². The van der Waals surface area contributed by atoms with Crippen LogP contribution < -0.4 is 4.74 Å². The summed E-state index contributed by atoms with van der Waals surface area (Å²) in [5, 5.41) is 32.5. The molecule has 0 radical (unpaired) electrons. The van der Waals surface area contributed by atoms with E-state index in [0.29, 0.717) is 37.9 Å². The first kappa shape index (κ1) is 18.7. The van der Waals surface area contributed by atoms with Crippen molar-refractivity contribution in [2.24, 2.45) is 5.92 Å². The Balaban J connectivity index is 1.61. The van der Waals surface area contributed by atoms with Gasteiger partial charge in [-0.2, -0.15) is 0 Å². The van der Waals surface area contributed by atoms with Gasteiger partial charge in [0, 0.05) is 37.6 Å². The molecule has 1 spiro atoms. The van der Waals surface area contributed by atoms with Crippen molar-refractivity contribution < 1.29 is 24.9 Å². The second-order valence-corrected chi connectivity index (χ2v) is 9.77. The van der Waals surface area contributed by atoms with Crippen molar-refractivity contribution >= 4 is 5.91 Å². The highest BCUT2D eigenvalue weighted by Crippen LogP contribution is 2.67. The van der Waals surface area contributed by atoms with E-state index in [-0.39, 0.29) is 30.2 Å². The lowest BCUT2D eigenvalue weighted by Gasteiger charge is -2.63. The van der Waals surface area contributed by atoms with Crippen molar-refractivity contribution in [1.29, 1.82) is 0 Å². The van der Waals surface area contributed by atoms with Gasteiger partial charge in [-0.15, -0.1) is 0 Å².